The van der Waals surface area contributed by atoms with Gasteiger partial charge in [0.05, 0.1) is 33.3 Å². The Balaban J connectivity index is 1.86. The van der Waals surface area contributed by atoms with Crippen LogP contribution in [0.1, 0.15) is 47.1 Å². The summed E-state index contributed by atoms with van der Waals surface area (Å²) in [6.45, 7) is 1.70. The Morgan fingerprint density at radius 1 is 1.31 bits per heavy atom. The third-order valence-electron chi connectivity index (χ3n) is 5.25. The predicted molar refractivity (Wildman–Crippen MR) is 117 cm³/mol. The molecule has 1 heterocycles. The molecule has 2 atom stereocenters. The van der Waals surface area contributed by atoms with Crippen LogP contribution in [0.15, 0.2) is 42.0 Å². The summed E-state index contributed by atoms with van der Waals surface area (Å²) in [6.07, 6.45) is 2.39. The molecule has 2 unspecified atom stereocenters. The summed E-state index contributed by atoms with van der Waals surface area (Å²) in [4.78, 5) is 24.1. The molecule has 0 radical (unpaired) electrons. The normalized spacial score (nSPS) is 16.7. The number of carboxylic acids is 1. The highest BCUT2D eigenvalue weighted by molar-refractivity contribution is 6.42. The molecule has 0 saturated heterocycles. The van der Waals surface area contributed by atoms with E-state index in [0.29, 0.717) is 27.6 Å². The van der Waals surface area contributed by atoms with E-state index in [9.17, 15) is 18.4 Å². The fraction of sp³-hybridized carbons (Fsp3) is 0.318. The largest absolute Gasteiger partial charge is 0.481 e. The lowest BCUT2D eigenvalue weighted by atomic mass is 9.93. The van der Waals surface area contributed by atoms with Crippen LogP contribution in [0.2, 0.25) is 10.0 Å². The van der Waals surface area contributed by atoms with Gasteiger partial charge < -0.3 is 10.4 Å². The third kappa shape index (κ3) is 5.19. The number of aromatic nitrogens is 2. The van der Waals surface area contributed by atoms with E-state index < -0.39 is 36.0 Å². The molecular weight excluding hydrogens is 463 g/mol. The van der Waals surface area contributed by atoms with Crippen LogP contribution in [0, 0.1) is 5.92 Å². The Morgan fingerprint density at radius 2 is 2.03 bits per heavy atom. The number of hydrogen-bond acceptors (Lipinski definition) is 3. The van der Waals surface area contributed by atoms with Crippen molar-refractivity contribution in [3.05, 3.63) is 74.6 Å². The number of aryl methyl sites for hydroxylation is 1. The SMILES string of the molecule is CC(NC(=O)c1c(Cc2ccc(Cl)c(Cl)c2)nn(C)c1C(F)F)C1=CCC(C(=O)O)C=C1. The van der Waals surface area contributed by atoms with E-state index in [-0.39, 0.29) is 17.7 Å². The average Bonchev–Trinajstić information content (AvgIpc) is 3.06. The van der Waals surface area contributed by atoms with Crippen LogP contribution in [0.5, 0.6) is 0 Å². The van der Waals surface area contributed by atoms with Gasteiger partial charge in [0, 0.05) is 13.5 Å². The number of amides is 1. The molecule has 3 rings (SSSR count). The molecular formula is C22H21Cl2F2N3O3. The summed E-state index contributed by atoms with van der Waals surface area (Å²) < 4.78 is 28.6. The molecule has 0 fully saturated rings. The summed E-state index contributed by atoms with van der Waals surface area (Å²) in [6, 6.07) is 4.36. The molecule has 0 bridgehead atoms. The zero-order valence-corrected chi connectivity index (χ0v) is 18.8. The zero-order valence-electron chi connectivity index (χ0n) is 17.3. The molecule has 10 heteroatoms. The topological polar surface area (TPSA) is 84.2 Å². The average molecular weight is 484 g/mol. The van der Waals surface area contributed by atoms with Gasteiger partial charge >= 0.3 is 5.97 Å². The number of carbonyl (C=O) groups is 2. The fourth-order valence-electron chi connectivity index (χ4n) is 3.55. The molecule has 170 valence electrons. The lowest BCUT2D eigenvalue weighted by Crippen LogP contribution is -2.35. The Bertz CT molecular complexity index is 1110. The molecule has 0 spiro atoms. The fourth-order valence-corrected chi connectivity index (χ4v) is 3.87. The van der Waals surface area contributed by atoms with Crippen LogP contribution in [-0.2, 0) is 18.3 Å². The summed E-state index contributed by atoms with van der Waals surface area (Å²) in [5.41, 5.74) is 0.875. The number of aliphatic carboxylic acids is 1. The second kappa shape index (κ2) is 9.83. The van der Waals surface area contributed by atoms with Crippen molar-refractivity contribution in [3.8, 4) is 0 Å². The van der Waals surface area contributed by atoms with E-state index in [1.54, 1.807) is 43.4 Å². The number of hydrogen-bond donors (Lipinski definition) is 2. The van der Waals surface area contributed by atoms with Crippen LogP contribution in [-0.4, -0.2) is 32.8 Å². The van der Waals surface area contributed by atoms with Gasteiger partial charge in [-0.1, -0.05) is 47.5 Å². The van der Waals surface area contributed by atoms with Crippen molar-refractivity contribution < 1.29 is 23.5 Å². The second-order valence-corrected chi connectivity index (χ2v) is 8.31. The smallest absolute Gasteiger partial charge is 0.310 e. The van der Waals surface area contributed by atoms with Crippen LogP contribution >= 0.6 is 23.2 Å². The van der Waals surface area contributed by atoms with Gasteiger partial charge in [0.15, 0.2) is 0 Å². The number of halogens is 4. The standard InChI is InChI=1S/C22H21Cl2F2N3O3/c1-11(13-4-6-14(7-5-13)22(31)32)27-21(30)18-17(28-29(2)19(18)20(25)26)10-12-3-8-15(23)16(24)9-12/h3-6,8-9,11,14,20H,7,10H2,1-2H3,(H,27,30)(H,31,32). The Labute approximate surface area is 193 Å². The van der Waals surface area contributed by atoms with Gasteiger partial charge in [0.1, 0.15) is 5.69 Å². The molecule has 1 aromatic carbocycles. The summed E-state index contributed by atoms with van der Waals surface area (Å²) in [5, 5.41) is 16.6. The van der Waals surface area contributed by atoms with Crippen molar-refractivity contribution in [2.24, 2.45) is 13.0 Å². The lowest BCUT2D eigenvalue weighted by molar-refractivity contribution is -0.139. The van der Waals surface area contributed by atoms with Gasteiger partial charge in [-0.2, -0.15) is 5.10 Å². The maximum absolute atomic E-state index is 13.8. The Hall–Kier alpha value is -2.71. The minimum Gasteiger partial charge on any atom is -0.481 e. The third-order valence-corrected chi connectivity index (χ3v) is 5.99. The van der Waals surface area contributed by atoms with Crippen molar-refractivity contribution in [2.75, 3.05) is 0 Å². The number of carboxylic acid groups (broad SMARTS) is 1. The Morgan fingerprint density at radius 3 is 2.59 bits per heavy atom. The first-order valence-corrected chi connectivity index (χ1v) is 10.5. The van der Waals surface area contributed by atoms with Crippen LogP contribution < -0.4 is 5.32 Å². The molecule has 1 aromatic heterocycles. The van der Waals surface area contributed by atoms with E-state index in [1.807, 2.05) is 0 Å². The number of carbonyl (C=O) groups excluding carboxylic acids is 1. The molecule has 2 N–H and O–H groups in total. The highest BCUT2D eigenvalue weighted by atomic mass is 35.5. The van der Waals surface area contributed by atoms with Gasteiger partial charge in [-0.3, -0.25) is 14.3 Å². The van der Waals surface area contributed by atoms with E-state index >= 15 is 0 Å². The molecule has 2 aromatic rings. The minimum atomic E-state index is -2.91. The lowest BCUT2D eigenvalue weighted by Gasteiger charge is -2.20. The van der Waals surface area contributed by atoms with Crippen molar-refractivity contribution in [2.45, 2.75) is 32.2 Å². The first-order chi connectivity index (χ1) is 15.1. The Kier molecular flexibility index (Phi) is 7.36. The molecule has 6 nitrogen and oxygen atoms in total. The zero-order chi connectivity index (χ0) is 23.6. The summed E-state index contributed by atoms with van der Waals surface area (Å²) in [5.74, 6) is -2.24. The molecule has 32 heavy (non-hydrogen) atoms. The van der Waals surface area contributed by atoms with Crippen LogP contribution in [0.25, 0.3) is 0 Å². The number of allylic oxidation sites excluding steroid dienone is 1. The van der Waals surface area contributed by atoms with E-state index in [1.165, 1.54) is 7.05 Å². The number of benzene rings is 1. The number of nitrogens with zero attached hydrogens (tertiary/aromatic N) is 2. The quantitative estimate of drug-likeness (QED) is 0.582. The van der Waals surface area contributed by atoms with Gasteiger partial charge in [-0.25, -0.2) is 8.78 Å². The first-order valence-electron chi connectivity index (χ1n) is 9.78. The summed E-state index contributed by atoms with van der Waals surface area (Å²) in [7, 11) is 1.36. The van der Waals surface area contributed by atoms with E-state index in [4.69, 9.17) is 28.3 Å². The monoisotopic (exact) mass is 483 g/mol. The van der Waals surface area contributed by atoms with E-state index in [2.05, 4.69) is 10.4 Å². The van der Waals surface area contributed by atoms with Crippen molar-refractivity contribution in [1.82, 2.24) is 15.1 Å². The number of nitrogens with one attached hydrogen (secondary N) is 1. The maximum atomic E-state index is 13.8. The molecule has 1 aliphatic carbocycles. The van der Waals surface area contributed by atoms with Gasteiger partial charge in [-0.15, -0.1) is 0 Å². The maximum Gasteiger partial charge on any atom is 0.310 e. The molecule has 1 aliphatic rings. The second-order valence-electron chi connectivity index (χ2n) is 7.50. The molecule has 0 aliphatic heterocycles. The van der Waals surface area contributed by atoms with Crippen molar-refractivity contribution in [1.29, 1.82) is 0 Å². The van der Waals surface area contributed by atoms with Crippen molar-refractivity contribution in [3.63, 3.8) is 0 Å². The van der Waals surface area contributed by atoms with Crippen LogP contribution in [0.4, 0.5) is 8.78 Å². The van der Waals surface area contributed by atoms with Gasteiger partial charge in [-0.05, 0) is 36.6 Å². The van der Waals surface area contributed by atoms with E-state index in [0.717, 1.165) is 4.68 Å². The summed E-state index contributed by atoms with van der Waals surface area (Å²) >= 11 is 12.0. The van der Waals surface area contributed by atoms with Gasteiger partial charge in [0.2, 0.25) is 0 Å². The molecule has 1 amide bonds. The van der Waals surface area contributed by atoms with Gasteiger partial charge in [0.25, 0.3) is 12.3 Å². The minimum absolute atomic E-state index is 0.109. The first kappa shape index (κ1) is 23.9. The highest BCUT2D eigenvalue weighted by Gasteiger charge is 2.29. The predicted octanol–water partition coefficient (Wildman–Crippen LogP) is 4.96. The number of rotatable bonds is 7. The van der Waals surface area contributed by atoms with Crippen molar-refractivity contribution >= 4 is 35.1 Å². The highest BCUT2D eigenvalue weighted by Crippen LogP contribution is 2.29. The molecule has 0 saturated carbocycles. The van der Waals surface area contributed by atoms with Crippen LogP contribution in [0.3, 0.4) is 0 Å². The number of alkyl halides is 2.